The van der Waals surface area contributed by atoms with Crippen LogP contribution in [-0.4, -0.2) is 37.2 Å². The minimum atomic E-state index is -1.54. The van der Waals surface area contributed by atoms with Gasteiger partial charge in [-0.15, -0.1) is 0 Å². The number of carbonyl (C=O) groups is 1. The van der Waals surface area contributed by atoms with E-state index in [1.807, 2.05) is 0 Å². The zero-order valence-corrected chi connectivity index (χ0v) is 12.9. The summed E-state index contributed by atoms with van der Waals surface area (Å²) in [6.45, 7) is 0. The standard InChI is InChI=1S/C17H17BO5/c1-22-15-9-12(10-16(11-15)23-2)3-8-17(19)13-4-6-14(7-5-13)18(20)21/h3-11,20-21H,1-2H3/b8-3+. The van der Waals surface area contributed by atoms with E-state index in [0.29, 0.717) is 22.5 Å². The van der Waals surface area contributed by atoms with Crippen LogP contribution in [0.3, 0.4) is 0 Å². The number of benzene rings is 2. The third-order valence-electron chi connectivity index (χ3n) is 3.29. The van der Waals surface area contributed by atoms with Crippen molar-refractivity contribution in [2.45, 2.75) is 0 Å². The van der Waals surface area contributed by atoms with E-state index in [1.54, 1.807) is 50.6 Å². The zero-order chi connectivity index (χ0) is 16.8. The fourth-order valence-corrected chi connectivity index (χ4v) is 2.01. The topological polar surface area (TPSA) is 76.0 Å². The van der Waals surface area contributed by atoms with E-state index in [1.165, 1.54) is 18.2 Å². The molecule has 0 atom stereocenters. The van der Waals surface area contributed by atoms with Gasteiger partial charge in [0.1, 0.15) is 11.5 Å². The molecule has 0 heterocycles. The molecule has 0 aromatic heterocycles. The first-order chi connectivity index (χ1) is 11.0. The van der Waals surface area contributed by atoms with Crippen LogP contribution in [0.4, 0.5) is 0 Å². The van der Waals surface area contributed by atoms with Gasteiger partial charge < -0.3 is 19.5 Å². The first-order valence-electron chi connectivity index (χ1n) is 6.95. The molecule has 0 aliphatic heterocycles. The van der Waals surface area contributed by atoms with Gasteiger partial charge in [0.25, 0.3) is 0 Å². The molecule has 0 aliphatic rings. The van der Waals surface area contributed by atoms with E-state index in [4.69, 9.17) is 19.5 Å². The van der Waals surface area contributed by atoms with Gasteiger partial charge in [-0.25, -0.2) is 0 Å². The summed E-state index contributed by atoms with van der Waals surface area (Å²) in [5.74, 6) is 1.08. The SMILES string of the molecule is COc1cc(/C=C/C(=O)c2ccc(B(O)O)cc2)cc(OC)c1. The molecule has 2 N–H and O–H groups in total. The average molecular weight is 312 g/mol. The fraction of sp³-hybridized carbons (Fsp3) is 0.118. The Balaban J connectivity index is 2.17. The number of carbonyl (C=O) groups excluding carboxylic acids is 1. The minimum Gasteiger partial charge on any atom is -0.497 e. The van der Waals surface area contributed by atoms with E-state index >= 15 is 0 Å². The summed E-state index contributed by atoms with van der Waals surface area (Å²) in [6.07, 6.45) is 3.11. The molecule has 2 aromatic rings. The third-order valence-corrected chi connectivity index (χ3v) is 3.29. The normalized spacial score (nSPS) is 10.6. The van der Waals surface area contributed by atoms with Crippen molar-refractivity contribution in [2.24, 2.45) is 0 Å². The molecule has 0 amide bonds. The number of ether oxygens (including phenoxy) is 2. The van der Waals surface area contributed by atoms with Gasteiger partial charge >= 0.3 is 7.12 Å². The molecular weight excluding hydrogens is 295 g/mol. The highest BCUT2D eigenvalue weighted by atomic mass is 16.5. The van der Waals surface area contributed by atoms with Gasteiger partial charge in [-0.2, -0.15) is 0 Å². The summed E-state index contributed by atoms with van der Waals surface area (Å²) in [6, 6.07) is 11.4. The van der Waals surface area contributed by atoms with Crippen molar-refractivity contribution in [3.63, 3.8) is 0 Å². The maximum Gasteiger partial charge on any atom is 0.488 e. The summed E-state index contributed by atoms with van der Waals surface area (Å²) in [7, 11) is 1.58. The van der Waals surface area contributed by atoms with Crippen LogP contribution in [0, 0.1) is 0 Å². The molecule has 0 fully saturated rings. The monoisotopic (exact) mass is 312 g/mol. The Hall–Kier alpha value is -2.57. The largest absolute Gasteiger partial charge is 0.497 e. The van der Waals surface area contributed by atoms with Gasteiger partial charge in [0, 0.05) is 11.6 Å². The van der Waals surface area contributed by atoms with Crippen LogP contribution in [0.5, 0.6) is 11.5 Å². The second-order valence-corrected chi connectivity index (χ2v) is 4.84. The van der Waals surface area contributed by atoms with Crippen LogP contribution < -0.4 is 14.9 Å². The van der Waals surface area contributed by atoms with E-state index in [2.05, 4.69) is 0 Å². The molecule has 0 saturated carbocycles. The number of ketones is 1. The van der Waals surface area contributed by atoms with Crippen LogP contribution >= 0.6 is 0 Å². The predicted octanol–water partition coefficient (Wildman–Crippen LogP) is 1.28. The molecule has 2 rings (SSSR count). The van der Waals surface area contributed by atoms with Crippen molar-refractivity contribution in [1.82, 2.24) is 0 Å². The number of rotatable bonds is 6. The second-order valence-electron chi connectivity index (χ2n) is 4.84. The van der Waals surface area contributed by atoms with Crippen LogP contribution in [0.1, 0.15) is 15.9 Å². The maximum absolute atomic E-state index is 12.1. The van der Waals surface area contributed by atoms with E-state index in [9.17, 15) is 4.79 Å². The first kappa shape index (κ1) is 16.8. The van der Waals surface area contributed by atoms with Crippen molar-refractivity contribution in [2.75, 3.05) is 14.2 Å². The van der Waals surface area contributed by atoms with Gasteiger partial charge in [0.15, 0.2) is 5.78 Å². The predicted molar refractivity (Wildman–Crippen MR) is 89.2 cm³/mol. The Morgan fingerprint density at radius 1 is 1.00 bits per heavy atom. The number of hydrogen-bond acceptors (Lipinski definition) is 5. The molecule has 0 saturated heterocycles. The highest BCUT2D eigenvalue weighted by Gasteiger charge is 2.11. The van der Waals surface area contributed by atoms with Crippen molar-refractivity contribution in [3.8, 4) is 11.5 Å². The van der Waals surface area contributed by atoms with Crippen molar-refractivity contribution >= 4 is 24.4 Å². The fourth-order valence-electron chi connectivity index (χ4n) is 2.01. The highest BCUT2D eigenvalue weighted by molar-refractivity contribution is 6.58. The lowest BCUT2D eigenvalue weighted by Crippen LogP contribution is -2.29. The highest BCUT2D eigenvalue weighted by Crippen LogP contribution is 2.23. The van der Waals surface area contributed by atoms with Gasteiger partial charge in [-0.1, -0.05) is 30.3 Å². The van der Waals surface area contributed by atoms with E-state index < -0.39 is 7.12 Å². The lowest BCUT2D eigenvalue weighted by molar-refractivity contribution is 0.104. The Morgan fingerprint density at radius 3 is 2.04 bits per heavy atom. The van der Waals surface area contributed by atoms with E-state index in [0.717, 1.165) is 5.56 Å². The second kappa shape index (κ2) is 7.62. The molecule has 23 heavy (non-hydrogen) atoms. The lowest BCUT2D eigenvalue weighted by Gasteiger charge is -2.05. The molecule has 0 aliphatic carbocycles. The molecule has 0 spiro atoms. The molecule has 5 nitrogen and oxygen atoms in total. The van der Waals surface area contributed by atoms with Gasteiger partial charge in [0.2, 0.25) is 0 Å². The third kappa shape index (κ3) is 4.45. The lowest BCUT2D eigenvalue weighted by atomic mass is 9.80. The minimum absolute atomic E-state index is 0.189. The molecular formula is C17H17BO5. The quantitative estimate of drug-likeness (QED) is 0.477. The Morgan fingerprint density at radius 2 is 1.57 bits per heavy atom. The van der Waals surface area contributed by atoms with Gasteiger partial charge in [-0.3, -0.25) is 4.79 Å². The van der Waals surface area contributed by atoms with Gasteiger partial charge in [-0.05, 0) is 29.2 Å². The molecule has 118 valence electrons. The summed E-state index contributed by atoms with van der Waals surface area (Å²) < 4.78 is 10.4. The molecule has 2 aromatic carbocycles. The van der Waals surface area contributed by atoms with Crippen LogP contribution in [-0.2, 0) is 0 Å². The van der Waals surface area contributed by atoms with E-state index in [-0.39, 0.29) is 5.78 Å². The Kier molecular flexibility index (Phi) is 5.57. The van der Waals surface area contributed by atoms with Crippen LogP contribution in [0.15, 0.2) is 48.5 Å². The zero-order valence-electron chi connectivity index (χ0n) is 12.9. The molecule has 0 radical (unpaired) electrons. The summed E-state index contributed by atoms with van der Waals surface area (Å²) in [5, 5.41) is 18.1. The van der Waals surface area contributed by atoms with Crippen molar-refractivity contribution < 1.29 is 24.3 Å². The summed E-state index contributed by atoms with van der Waals surface area (Å²) >= 11 is 0. The van der Waals surface area contributed by atoms with Gasteiger partial charge in [0.05, 0.1) is 14.2 Å². The number of hydrogen-bond donors (Lipinski definition) is 2. The smallest absolute Gasteiger partial charge is 0.488 e. The molecule has 6 heteroatoms. The average Bonchev–Trinajstić information content (AvgIpc) is 2.59. The van der Waals surface area contributed by atoms with Crippen LogP contribution in [0.25, 0.3) is 6.08 Å². The molecule has 0 bridgehead atoms. The van der Waals surface area contributed by atoms with Crippen molar-refractivity contribution in [1.29, 1.82) is 0 Å². The molecule has 0 unspecified atom stereocenters. The van der Waals surface area contributed by atoms with Crippen LogP contribution in [0.2, 0.25) is 0 Å². The van der Waals surface area contributed by atoms with Crippen molar-refractivity contribution in [3.05, 3.63) is 59.7 Å². The number of methoxy groups -OCH3 is 2. The maximum atomic E-state index is 12.1. The summed E-state index contributed by atoms with van der Waals surface area (Å²) in [5.41, 5.74) is 1.57. The first-order valence-corrected chi connectivity index (χ1v) is 6.95. The Labute approximate surface area is 134 Å². The summed E-state index contributed by atoms with van der Waals surface area (Å²) in [4.78, 5) is 12.1. The number of allylic oxidation sites excluding steroid dienone is 1. The Bertz CT molecular complexity index is 685.